The van der Waals surface area contributed by atoms with Crippen LogP contribution in [0.4, 0.5) is 0 Å². The van der Waals surface area contributed by atoms with Gasteiger partial charge in [0.05, 0.1) is 11.6 Å². The van der Waals surface area contributed by atoms with Crippen LogP contribution in [0.25, 0.3) is 21.7 Å². The summed E-state index contributed by atoms with van der Waals surface area (Å²) in [5, 5.41) is 2.15. The quantitative estimate of drug-likeness (QED) is 0.272. The van der Waals surface area contributed by atoms with Gasteiger partial charge in [0.25, 0.3) is 0 Å². The minimum atomic E-state index is -0.816. The molecule has 4 rings (SSSR count). The zero-order chi connectivity index (χ0) is 27.9. The number of esters is 2. The van der Waals surface area contributed by atoms with Gasteiger partial charge in [0.15, 0.2) is 11.5 Å². The summed E-state index contributed by atoms with van der Waals surface area (Å²) in [5.74, 6) is -0.310. The molecule has 38 heavy (non-hydrogen) atoms. The molecule has 206 valence electrons. The number of fused-ring (bicyclic) bond motifs is 5. The maximum absolute atomic E-state index is 13.3. The van der Waals surface area contributed by atoms with Crippen LogP contribution in [0.2, 0.25) is 0 Å². The smallest absolute Gasteiger partial charge is 0.328 e. The van der Waals surface area contributed by atoms with Crippen LogP contribution in [0.15, 0.2) is 22.8 Å². The first-order valence-corrected chi connectivity index (χ1v) is 13.8. The molecule has 0 amide bonds. The van der Waals surface area contributed by atoms with Crippen molar-refractivity contribution >= 4 is 33.7 Å². The summed E-state index contributed by atoms with van der Waals surface area (Å²) in [7, 11) is 0. The number of aryl methyl sites for hydroxylation is 2. The van der Waals surface area contributed by atoms with Gasteiger partial charge in [-0.1, -0.05) is 53.7 Å². The molecule has 1 aliphatic carbocycles. The molecule has 0 bridgehead atoms. The van der Waals surface area contributed by atoms with Crippen LogP contribution in [0, 0.1) is 18.8 Å². The summed E-state index contributed by atoms with van der Waals surface area (Å²) < 4.78 is 18.2. The van der Waals surface area contributed by atoms with Crippen molar-refractivity contribution in [2.45, 2.75) is 98.1 Å². The first-order chi connectivity index (χ1) is 17.8. The number of ether oxygens (including phenoxy) is 2. The normalized spacial score (nSPS) is 16.6. The monoisotopic (exact) mass is 522 g/mol. The molecule has 3 aromatic rings. The SMILES string of the molecule is Cc1coc2c1c(OC(=O)C(N)CC(C)C)c(OC(=O)C(N)CC(C)C)c1c3c(ccc12)C(C)(C)CCC3. The first kappa shape index (κ1) is 28.1. The van der Waals surface area contributed by atoms with Crippen molar-refractivity contribution in [1.29, 1.82) is 0 Å². The van der Waals surface area contributed by atoms with E-state index in [0.717, 1.165) is 41.2 Å². The van der Waals surface area contributed by atoms with Crippen molar-refractivity contribution in [2.75, 3.05) is 0 Å². The zero-order valence-electron chi connectivity index (χ0n) is 23.8. The van der Waals surface area contributed by atoms with E-state index >= 15 is 0 Å². The van der Waals surface area contributed by atoms with E-state index in [1.807, 2.05) is 40.7 Å². The molecule has 0 spiro atoms. The summed E-state index contributed by atoms with van der Waals surface area (Å²) in [6.45, 7) is 14.3. The van der Waals surface area contributed by atoms with Crippen LogP contribution < -0.4 is 20.9 Å². The Hall–Kier alpha value is -2.90. The minimum absolute atomic E-state index is 0.0540. The molecule has 0 saturated heterocycles. The van der Waals surface area contributed by atoms with Gasteiger partial charge in [0.2, 0.25) is 0 Å². The van der Waals surface area contributed by atoms with E-state index in [2.05, 4.69) is 19.9 Å². The Kier molecular flexibility index (Phi) is 7.91. The highest BCUT2D eigenvalue weighted by Crippen LogP contribution is 2.50. The average molecular weight is 523 g/mol. The largest absolute Gasteiger partial charge is 0.463 e. The zero-order valence-corrected chi connectivity index (χ0v) is 23.8. The second-order valence-electron chi connectivity index (χ2n) is 12.3. The molecule has 7 heteroatoms. The van der Waals surface area contributed by atoms with Crippen molar-refractivity contribution < 1.29 is 23.5 Å². The molecule has 0 fully saturated rings. The Morgan fingerprint density at radius 1 is 0.947 bits per heavy atom. The second-order valence-corrected chi connectivity index (χ2v) is 12.3. The van der Waals surface area contributed by atoms with Crippen molar-refractivity contribution in [1.82, 2.24) is 0 Å². The van der Waals surface area contributed by atoms with Gasteiger partial charge in [0.1, 0.15) is 17.7 Å². The van der Waals surface area contributed by atoms with Gasteiger partial charge < -0.3 is 25.4 Å². The Labute approximate surface area is 225 Å². The molecule has 2 unspecified atom stereocenters. The maximum Gasteiger partial charge on any atom is 0.328 e. The molecule has 1 aliphatic rings. The molecule has 0 radical (unpaired) electrons. The van der Waals surface area contributed by atoms with E-state index in [9.17, 15) is 9.59 Å². The summed E-state index contributed by atoms with van der Waals surface area (Å²) in [6.07, 6.45) is 5.43. The molecular formula is C31H42N2O5. The Morgan fingerprint density at radius 3 is 2.05 bits per heavy atom. The van der Waals surface area contributed by atoms with Gasteiger partial charge >= 0.3 is 11.9 Å². The molecule has 2 aromatic carbocycles. The second kappa shape index (κ2) is 10.7. The predicted octanol–water partition coefficient (Wildman–Crippen LogP) is 6.07. The molecule has 0 aliphatic heterocycles. The number of nitrogens with two attached hydrogens (primary N) is 2. The summed E-state index contributed by atoms with van der Waals surface area (Å²) in [5.41, 5.74) is 16.0. The standard InChI is InChI=1S/C31H42N2O5/c1-16(2)13-22(32)29(34)37-27-24-18(5)15-36-26(24)20-10-11-21-19(9-8-12-31(21,6)7)25(20)28(27)38-30(35)23(33)14-17(3)4/h10-11,15-17,22-23H,8-9,12-14,32-33H2,1-7H3. The van der Waals surface area contributed by atoms with E-state index in [1.54, 1.807) is 6.26 Å². The number of carbonyl (C=O) groups excluding carboxylic acids is 2. The molecule has 1 heterocycles. The van der Waals surface area contributed by atoms with E-state index < -0.39 is 24.0 Å². The molecule has 2 atom stereocenters. The van der Waals surface area contributed by atoms with Gasteiger partial charge in [-0.15, -0.1) is 0 Å². The fraction of sp³-hybridized carbons (Fsp3) is 0.548. The van der Waals surface area contributed by atoms with Crippen LogP contribution in [0.5, 0.6) is 11.5 Å². The Morgan fingerprint density at radius 2 is 1.50 bits per heavy atom. The minimum Gasteiger partial charge on any atom is -0.463 e. The van der Waals surface area contributed by atoms with Crippen LogP contribution in [0.3, 0.4) is 0 Å². The summed E-state index contributed by atoms with van der Waals surface area (Å²) >= 11 is 0. The number of carbonyl (C=O) groups is 2. The predicted molar refractivity (Wildman–Crippen MR) is 151 cm³/mol. The first-order valence-electron chi connectivity index (χ1n) is 13.8. The lowest BCUT2D eigenvalue weighted by atomic mass is 9.71. The molecular weight excluding hydrogens is 480 g/mol. The fourth-order valence-electron chi connectivity index (χ4n) is 5.74. The highest BCUT2D eigenvalue weighted by Gasteiger charge is 2.34. The number of rotatable bonds is 8. The lowest BCUT2D eigenvalue weighted by Crippen LogP contribution is -2.37. The summed E-state index contributed by atoms with van der Waals surface area (Å²) in [6, 6.07) is 2.54. The van der Waals surface area contributed by atoms with Gasteiger partial charge in [-0.25, -0.2) is 9.59 Å². The topological polar surface area (TPSA) is 118 Å². The van der Waals surface area contributed by atoms with E-state index in [0.29, 0.717) is 23.8 Å². The third-order valence-electron chi connectivity index (χ3n) is 7.61. The molecule has 4 N–H and O–H groups in total. The third kappa shape index (κ3) is 5.32. The Balaban J connectivity index is 2.01. The number of benzene rings is 2. The van der Waals surface area contributed by atoms with E-state index in [4.69, 9.17) is 25.4 Å². The fourth-order valence-corrected chi connectivity index (χ4v) is 5.74. The van der Waals surface area contributed by atoms with Gasteiger partial charge in [0, 0.05) is 10.8 Å². The highest BCUT2D eigenvalue weighted by atomic mass is 16.6. The van der Waals surface area contributed by atoms with E-state index in [-0.39, 0.29) is 28.7 Å². The van der Waals surface area contributed by atoms with Gasteiger partial charge in [-0.05, 0) is 73.0 Å². The van der Waals surface area contributed by atoms with Gasteiger partial charge in [-0.3, -0.25) is 0 Å². The molecule has 0 saturated carbocycles. The highest BCUT2D eigenvalue weighted by molar-refractivity contribution is 6.15. The van der Waals surface area contributed by atoms with Crippen LogP contribution in [-0.4, -0.2) is 24.0 Å². The number of hydrogen-bond acceptors (Lipinski definition) is 7. The van der Waals surface area contributed by atoms with Crippen molar-refractivity contribution in [3.05, 3.63) is 35.1 Å². The van der Waals surface area contributed by atoms with Gasteiger partial charge in [-0.2, -0.15) is 0 Å². The van der Waals surface area contributed by atoms with Crippen molar-refractivity contribution in [2.24, 2.45) is 23.3 Å². The van der Waals surface area contributed by atoms with Crippen LogP contribution in [0.1, 0.15) is 83.9 Å². The lowest BCUT2D eigenvalue weighted by molar-refractivity contribution is -0.138. The average Bonchev–Trinajstić information content (AvgIpc) is 3.20. The van der Waals surface area contributed by atoms with Crippen LogP contribution in [-0.2, 0) is 21.4 Å². The maximum atomic E-state index is 13.3. The van der Waals surface area contributed by atoms with Crippen molar-refractivity contribution in [3.63, 3.8) is 0 Å². The third-order valence-corrected chi connectivity index (χ3v) is 7.61. The van der Waals surface area contributed by atoms with E-state index in [1.165, 1.54) is 5.56 Å². The molecule has 1 aromatic heterocycles. The lowest BCUT2D eigenvalue weighted by Gasteiger charge is -2.34. The summed E-state index contributed by atoms with van der Waals surface area (Å²) in [4.78, 5) is 26.6. The number of furan rings is 1. The molecule has 7 nitrogen and oxygen atoms in total. The Bertz CT molecular complexity index is 1370. The number of hydrogen-bond donors (Lipinski definition) is 2. The van der Waals surface area contributed by atoms with Crippen LogP contribution >= 0.6 is 0 Å². The van der Waals surface area contributed by atoms with Crippen molar-refractivity contribution in [3.8, 4) is 11.5 Å².